The Bertz CT molecular complexity index is 721. The minimum atomic E-state index is -0.587. The third kappa shape index (κ3) is 2.96. The van der Waals surface area contributed by atoms with Crippen molar-refractivity contribution in [2.45, 2.75) is 82.0 Å². The van der Waals surface area contributed by atoms with Crippen LogP contribution in [0, 0.1) is 11.3 Å². The summed E-state index contributed by atoms with van der Waals surface area (Å²) in [6, 6.07) is 9.02. The Balaban J connectivity index is 1.23. The van der Waals surface area contributed by atoms with E-state index in [1.54, 1.807) is 0 Å². The summed E-state index contributed by atoms with van der Waals surface area (Å²) < 4.78 is 0. The van der Waals surface area contributed by atoms with Gasteiger partial charge in [-0.3, -0.25) is 9.69 Å². The minimum absolute atomic E-state index is 0.327. The van der Waals surface area contributed by atoms with E-state index < -0.39 is 5.72 Å². The lowest BCUT2D eigenvalue weighted by Crippen LogP contribution is -2.44. The van der Waals surface area contributed by atoms with Gasteiger partial charge in [-0.15, -0.1) is 0 Å². The van der Waals surface area contributed by atoms with Crippen LogP contribution < -0.4 is 5.32 Å². The molecule has 0 radical (unpaired) electrons. The summed E-state index contributed by atoms with van der Waals surface area (Å²) in [5.41, 5.74) is 1.97. The molecular weight excluding hydrogens is 348 g/mol. The number of rotatable bonds is 6. The first-order valence-electron chi connectivity index (χ1n) is 11.3. The highest BCUT2D eigenvalue weighted by atomic mass is 16.3. The first-order chi connectivity index (χ1) is 13.6. The highest BCUT2D eigenvalue weighted by Crippen LogP contribution is 2.54. The lowest BCUT2D eigenvalue weighted by Gasteiger charge is -2.33. The topological polar surface area (TPSA) is 52.3 Å². The average molecular weight is 383 g/mol. The van der Waals surface area contributed by atoms with E-state index in [2.05, 4.69) is 29.3 Å². The number of aldehydes is 1. The highest BCUT2D eigenvalue weighted by molar-refractivity contribution is 5.74. The van der Waals surface area contributed by atoms with Crippen LogP contribution in [-0.2, 0) is 0 Å². The van der Waals surface area contributed by atoms with Gasteiger partial charge in [0.15, 0.2) is 0 Å². The molecular formula is C24H34N2O2. The van der Waals surface area contributed by atoms with Gasteiger partial charge in [0.25, 0.3) is 0 Å². The molecule has 1 aromatic carbocycles. The molecule has 0 bridgehead atoms. The smallest absolute Gasteiger partial charge is 0.150 e. The fraction of sp³-hybridized carbons (Fsp3) is 0.708. The van der Waals surface area contributed by atoms with E-state index in [0.717, 1.165) is 31.4 Å². The van der Waals surface area contributed by atoms with Crippen molar-refractivity contribution in [3.05, 3.63) is 35.4 Å². The van der Waals surface area contributed by atoms with Crippen molar-refractivity contribution in [3.8, 4) is 0 Å². The van der Waals surface area contributed by atoms with Crippen molar-refractivity contribution >= 4 is 6.29 Å². The summed E-state index contributed by atoms with van der Waals surface area (Å²) in [7, 11) is 0. The maximum atomic E-state index is 11.1. The number of nitrogens with one attached hydrogen (secondary N) is 1. The van der Waals surface area contributed by atoms with Gasteiger partial charge in [0, 0.05) is 36.7 Å². The lowest BCUT2D eigenvalue weighted by atomic mass is 9.80. The van der Waals surface area contributed by atoms with E-state index in [1.807, 2.05) is 12.1 Å². The van der Waals surface area contributed by atoms with E-state index >= 15 is 0 Å². The highest BCUT2D eigenvalue weighted by Gasteiger charge is 2.65. The summed E-state index contributed by atoms with van der Waals surface area (Å²) in [5, 5.41) is 15.1. The van der Waals surface area contributed by atoms with E-state index in [9.17, 15) is 9.90 Å². The first-order valence-corrected chi connectivity index (χ1v) is 11.3. The normalized spacial score (nSPS) is 39.2. The molecule has 4 aliphatic rings. The number of carbonyl (C=O) groups excluding carboxylic acids is 1. The summed E-state index contributed by atoms with van der Waals surface area (Å²) in [6.45, 7) is 4.03. The Morgan fingerprint density at radius 1 is 1.21 bits per heavy atom. The maximum absolute atomic E-state index is 11.1. The third-order valence-electron chi connectivity index (χ3n) is 8.67. The molecule has 6 atom stereocenters. The zero-order valence-electron chi connectivity index (χ0n) is 17.1. The van der Waals surface area contributed by atoms with Crippen molar-refractivity contribution in [1.29, 1.82) is 0 Å². The van der Waals surface area contributed by atoms with Crippen molar-refractivity contribution in [2.24, 2.45) is 11.3 Å². The second-order valence-electron chi connectivity index (χ2n) is 10.0. The number of hydrogen-bond acceptors (Lipinski definition) is 4. The minimum Gasteiger partial charge on any atom is -0.374 e. The van der Waals surface area contributed by atoms with Crippen LogP contribution in [-0.4, -0.2) is 47.2 Å². The van der Waals surface area contributed by atoms with Gasteiger partial charge in [-0.05, 0) is 49.0 Å². The molecule has 2 aliphatic carbocycles. The Morgan fingerprint density at radius 3 is 2.64 bits per heavy atom. The summed E-state index contributed by atoms with van der Waals surface area (Å²) in [5.74, 6) is 0.695. The fourth-order valence-corrected chi connectivity index (χ4v) is 6.83. The molecule has 4 nitrogen and oxygen atoms in total. The molecule has 0 amide bonds. The molecule has 1 aromatic rings. The Hall–Kier alpha value is -1.23. The number of benzene rings is 1. The van der Waals surface area contributed by atoms with Crippen LogP contribution in [0.1, 0.15) is 80.1 Å². The number of piperidine rings is 1. The predicted molar refractivity (Wildman–Crippen MR) is 110 cm³/mol. The van der Waals surface area contributed by atoms with Gasteiger partial charge in [0.1, 0.15) is 12.0 Å². The van der Waals surface area contributed by atoms with Crippen molar-refractivity contribution < 1.29 is 9.90 Å². The Kier molecular flexibility index (Phi) is 4.65. The van der Waals surface area contributed by atoms with Crippen LogP contribution in [0.5, 0.6) is 0 Å². The molecule has 152 valence electrons. The van der Waals surface area contributed by atoms with Gasteiger partial charge in [-0.1, -0.05) is 50.5 Å². The Morgan fingerprint density at radius 2 is 1.93 bits per heavy atom. The van der Waals surface area contributed by atoms with Gasteiger partial charge < -0.3 is 10.4 Å². The molecule has 4 fully saturated rings. The zero-order chi connectivity index (χ0) is 19.4. The van der Waals surface area contributed by atoms with Crippen LogP contribution in [0.4, 0.5) is 0 Å². The average Bonchev–Trinajstić information content (AvgIpc) is 3.08. The summed E-state index contributed by atoms with van der Waals surface area (Å²) in [6.07, 6.45) is 11.7. The molecule has 0 aromatic heterocycles. The molecule has 2 saturated heterocycles. The zero-order valence-corrected chi connectivity index (χ0v) is 17.1. The van der Waals surface area contributed by atoms with E-state index in [1.165, 1.54) is 50.5 Å². The van der Waals surface area contributed by atoms with Crippen LogP contribution in [0.25, 0.3) is 0 Å². The van der Waals surface area contributed by atoms with Gasteiger partial charge in [0.2, 0.25) is 0 Å². The molecule has 1 spiro atoms. The molecule has 5 rings (SSSR count). The van der Waals surface area contributed by atoms with Crippen molar-refractivity contribution in [2.75, 3.05) is 13.1 Å². The van der Waals surface area contributed by atoms with Crippen molar-refractivity contribution in [3.63, 3.8) is 0 Å². The van der Waals surface area contributed by atoms with Gasteiger partial charge in [-0.25, -0.2) is 0 Å². The van der Waals surface area contributed by atoms with Gasteiger partial charge in [-0.2, -0.15) is 0 Å². The van der Waals surface area contributed by atoms with E-state index in [4.69, 9.17) is 0 Å². The number of aliphatic hydroxyl groups is 1. The van der Waals surface area contributed by atoms with Crippen LogP contribution in [0.15, 0.2) is 24.3 Å². The molecule has 2 N–H and O–H groups in total. The molecule has 1 unspecified atom stereocenters. The molecule has 2 saturated carbocycles. The predicted octanol–water partition coefficient (Wildman–Crippen LogP) is 3.70. The molecule has 4 heteroatoms. The Labute approximate surface area is 168 Å². The third-order valence-corrected chi connectivity index (χ3v) is 8.67. The number of hydrogen-bond donors (Lipinski definition) is 2. The maximum Gasteiger partial charge on any atom is 0.150 e. The summed E-state index contributed by atoms with van der Waals surface area (Å²) in [4.78, 5) is 13.2. The number of fused-ring (bicyclic) bond motifs is 1. The fourth-order valence-electron chi connectivity index (χ4n) is 6.83. The van der Waals surface area contributed by atoms with Crippen LogP contribution in [0.3, 0.4) is 0 Å². The second kappa shape index (κ2) is 6.93. The number of nitrogens with zero attached hydrogens (tertiary/aromatic N) is 1. The van der Waals surface area contributed by atoms with E-state index in [-0.39, 0.29) is 0 Å². The van der Waals surface area contributed by atoms with Crippen LogP contribution in [0.2, 0.25) is 0 Å². The SMILES string of the molecule is C[C@H](c1ccc(C=O)cc1)[C@H]1C[C@@H](CN[C@@H]2CCCC23CCCC3)[C@@]2(O)CN12. The molecule has 28 heavy (non-hydrogen) atoms. The summed E-state index contributed by atoms with van der Waals surface area (Å²) >= 11 is 0. The quantitative estimate of drug-likeness (QED) is 0.582. The lowest BCUT2D eigenvalue weighted by molar-refractivity contribution is 0.0582. The number of carbonyl (C=O) groups is 1. The molecule has 2 heterocycles. The first kappa shape index (κ1) is 18.8. The standard InChI is InChI=1S/C24H34N2O2/c1-17(19-8-6-18(15-27)7-9-19)21-13-20(24(28)16-26(21)24)14-25-22-5-4-12-23(22)10-2-3-11-23/h6-9,15,17,20-22,25,28H,2-5,10-14,16H2,1H3/t17-,20+,21-,22-,24+,26?/m1/s1. The molecule has 2 aliphatic heterocycles. The largest absolute Gasteiger partial charge is 0.374 e. The van der Waals surface area contributed by atoms with Gasteiger partial charge >= 0.3 is 0 Å². The van der Waals surface area contributed by atoms with Gasteiger partial charge in [0.05, 0.1) is 0 Å². The van der Waals surface area contributed by atoms with E-state index in [0.29, 0.717) is 29.3 Å². The monoisotopic (exact) mass is 382 g/mol. The van der Waals surface area contributed by atoms with Crippen LogP contribution >= 0.6 is 0 Å². The van der Waals surface area contributed by atoms with Crippen molar-refractivity contribution in [1.82, 2.24) is 10.2 Å². The second-order valence-corrected chi connectivity index (χ2v) is 10.0.